The topological polar surface area (TPSA) is 59.9 Å². The molecule has 6 heteroatoms. The van der Waals surface area contributed by atoms with Gasteiger partial charge in [0.2, 0.25) is 5.03 Å². The Bertz CT molecular complexity index is 420. The molecule has 0 spiro atoms. The third-order valence-electron chi connectivity index (χ3n) is 1.65. The quantitative estimate of drug-likeness (QED) is 0.669. The highest BCUT2D eigenvalue weighted by atomic mass is 32.3. The van der Waals surface area contributed by atoms with Crippen LogP contribution < -0.4 is 0 Å². The maximum absolute atomic E-state index is 12.4. The summed E-state index contributed by atoms with van der Waals surface area (Å²) in [4.78, 5) is 7.33. The molecule has 78 valence electrons. The molecular formula is C8H11FN2O2S. The summed E-state index contributed by atoms with van der Waals surface area (Å²) in [6.45, 7) is 5.71. The molecule has 0 bridgehead atoms. The summed E-state index contributed by atoms with van der Waals surface area (Å²) in [5, 5.41) is -0.648. The molecular weight excluding hydrogens is 207 g/mol. The first-order valence-electron chi connectivity index (χ1n) is 3.98. The van der Waals surface area contributed by atoms with Gasteiger partial charge in [-0.05, 0) is 0 Å². The molecule has 14 heavy (non-hydrogen) atoms. The summed E-state index contributed by atoms with van der Waals surface area (Å²) in [5.41, 5.74) is 0.385. The minimum atomic E-state index is -4.74. The van der Waals surface area contributed by atoms with Crippen molar-refractivity contribution < 1.29 is 12.3 Å². The van der Waals surface area contributed by atoms with Gasteiger partial charge in [0.25, 0.3) is 0 Å². The second kappa shape index (κ2) is 3.27. The molecule has 0 aliphatic carbocycles. The fourth-order valence-corrected chi connectivity index (χ4v) is 1.19. The van der Waals surface area contributed by atoms with Crippen LogP contribution >= 0.6 is 0 Å². The molecule has 0 saturated carbocycles. The molecule has 1 aromatic heterocycles. The monoisotopic (exact) mass is 218 g/mol. The second-order valence-electron chi connectivity index (χ2n) is 3.93. The van der Waals surface area contributed by atoms with Gasteiger partial charge in [-0.15, -0.1) is 0 Å². The van der Waals surface area contributed by atoms with Crippen molar-refractivity contribution in [1.29, 1.82) is 0 Å². The molecule has 0 aliphatic rings. The zero-order valence-electron chi connectivity index (χ0n) is 8.15. The molecule has 0 atom stereocenters. The van der Waals surface area contributed by atoms with E-state index in [0.717, 1.165) is 6.20 Å². The number of hydrogen-bond donors (Lipinski definition) is 0. The van der Waals surface area contributed by atoms with E-state index < -0.39 is 15.2 Å². The Morgan fingerprint density at radius 2 is 1.79 bits per heavy atom. The fourth-order valence-electron chi connectivity index (χ4n) is 0.829. The van der Waals surface area contributed by atoms with Gasteiger partial charge in [0.1, 0.15) is 0 Å². The van der Waals surface area contributed by atoms with Crippen molar-refractivity contribution in [2.45, 2.75) is 31.2 Å². The van der Waals surface area contributed by atoms with Crippen LogP contribution in [-0.4, -0.2) is 18.4 Å². The lowest BCUT2D eigenvalue weighted by Gasteiger charge is -2.16. The van der Waals surface area contributed by atoms with Crippen LogP contribution in [0.2, 0.25) is 0 Å². The van der Waals surface area contributed by atoms with Gasteiger partial charge in [-0.1, -0.05) is 24.7 Å². The number of hydrogen-bond acceptors (Lipinski definition) is 4. The van der Waals surface area contributed by atoms with Crippen LogP contribution in [0.4, 0.5) is 3.89 Å². The summed E-state index contributed by atoms with van der Waals surface area (Å²) >= 11 is 0. The largest absolute Gasteiger partial charge is 0.351 e. The maximum Gasteiger partial charge on any atom is 0.351 e. The van der Waals surface area contributed by atoms with Crippen molar-refractivity contribution in [2.24, 2.45) is 0 Å². The van der Waals surface area contributed by atoms with E-state index in [0.29, 0.717) is 5.69 Å². The van der Waals surface area contributed by atoms with Crippen LogP contribution in [0.5, 0.6) is 0 Å². The molecule has 0 aromatic carbocycles. The maximum atomic E-state index is 12.4. The zero-order valence-corrected chi connectivity index (χ0v) is 8.97. The first-order valence-corrected chi connectivity index (χ1v) is 5.37. The highest BCUT2D eigenvalue weighted by molar-refractivity contribution is 7.86. The Morgan fingerprint density at radius 1 is 1.21 bits per heavy atom. The summed E-state index contributed by atoms with van der Waals surface area (Å²) in [6.07, 6.45) is 2.20. The van der Waals surface area contributed by atoms with Gasteiger partial charge in [-0.25, -0.2) is 4.98 Å². The van der Waals surface area contributed by atoms with Crippen LogP contribution in [0.1, 0.15) is 26.5 Å². The summed E-state index contributed by atoms with van der Waals surface area (Å²) < 4.78 is 33.3. The predicted octanol–water partition coefficient (Wildman–Crippen LogP) is 1.43. The van der Waals surface area contributed by atoms with Crippen molar-refractivity contribution in [2.75, 3.05) is 0 Å². The Balaban J connectivity index is 3.14. The second-order valence-corrected chi connectivity index (χ2v) is 5.22. The minimum Gasteiger partial charge on any atom is -0.256 e. The van der Waals surface area contributed by atoms with Crippen molar-refractivity contribution >= 4 is 10.2 Å². The molecule has 0 fully saturated rings. The molecule has 4 nitrogen and oxygen atoms in total. The van der Waals surface area contributed by atoms with E-state index in [-0.39, 0.29) is 5.41 Å². The van der Waals surface area contributed by atoms with Gasteiger partial charge in [0.05, 0.1) is 18.1 Å². The normalized spacial score (nSPS) is 12.9. The van der Waals surface area contributed by atoms with Crippen LogP contribution in [0.25, 0.3) is 0 Å². The summed E-state index contributed by atoms with van der Waals surface area (Å²) in [6, 6.07) is 0. The van der Waals surface area contributed by atoms with Crippen molar-refractivity contribution in [3.05, 3.63) is 18.1 Å². The number of nitrogens with zero attached hydrogens (tertiary/aromatic N) is 2. The smallest absolute Gasteiger partial charge is 0.256 e. The fraction of sp³-hybridized carbons (Fsp3) is 0.500. The Morgan fingerprint density at radius 3 is 2.07 bits per heavy atom. The van der Waals surface area contributed by atoms with E-state index in [4.69, 9.17) is 0 Å². The minimum absolute atomic E-state index is 0.231. The number of aromatic nitrogens is 2. The summed E-state index contributed by atoms with van der Waals surface area (Å²) in [5.74, 6) is 0. The molecule has 0 aliphatic heterocycles. The van der Waals surface area contributed by atoms with Gasteiger partial charge in [0.15, 0.2) is 0 Å². The SMILES string of the molecule is CC(C)(C)c1cnc(S(=O)(=O)F)cn1. The molecule has 0 amide bonds. The average Bonchev–Trinajstić information content (AvgIpc) is 2.01. The Kier molecular flexibility index (Phi) is 2.58. The van der Waals surface area contributed by atoms with E-state index >= 15 is 0 Å². The van der Waals surface area contributed by atoms with Gasteiger partial charge in [-0.2, -0.15) is 8.42 Å². The van der Waals surface area contributed by atoms with E-state index in [9.17, 15) is 12.3 Å². The van der Waals surface area contributed by atoms with Crippen LogP contribution in [0.3, 0.4) is 0 Å². The standard InChI is InChI=1S/C8H11FN2O2S/c1-8(2,3)6-4-11-7(5-10-6)14(9,12)13/h4-5H,1-3H3. The van der Waals surface area contributed by atoms with Gasteiger partial charge in [0, 0.05) is 5.41 Å². The van der Waals surface area contributed by atoms with Crippen LogP contribution in [0, 0.1) is 0 Å². The Labute approximate surface area is 82.4 Å². The lowest BCUT2D eigenvalue weighted by Crippen LogP contribution is -2.14. The summed E-state index contributed by atoms with van der Waals surface area (Å²) in [7, 11) is -4.74. The van der Waals surface area contributed by atoms with Crippen LogP contribution in [0.15, 0.2) is 17.4 Å². The van der Waals surface area contributed by atoms with Crippen LogP contribution in [-0.2, 0) is 15.6 Å². The lowest BCUT2D eigenvalue weighted by atomic mass is 9.93. The number of rotatable bonds is 1. The van der Waals surface area contributed by atoms with Crippen molar-refractivity contribution in [1.82, 2.24) is 9.97 Å². The molecule has 0 N–H and O–H groups in total. The van der Waals surface area contributed by atoms with E-state index in [2.05, 4.69) is 9.97 Å². The van der Waals surface area contributed by atoms with Crippen molar-refractivity contribution in [3.63, 3.8) is 0 Å². The first kappa shape index (κ1) is 11.0. The first-order chi connectivity index (χ1) is 6.21. The van der Waals surface area contributed by atoms with Crippen molar-refractivity contribution in [3.8, 4) is 0 Å². The third kappa shape index (κ3) is 2.47. The van der Waals surface area contributed by atoms with E-state index in [1.54, 1.807) is 0 Å². The molecule has 0 saturated heterocycles. The van der Waals surface area contributed by atoms with E-state index in [1.165, 1.54) is 6.20 Å². The average molecular weight is 218 g/mol. The molecule has 1 rings (SSSR count). The zero-order chi connectivity index (χ0) is 11.0. The Hall–Kier alpha value is -1.04. The van der Waals surface area contributed by atoms with Gasteiger partial charge in [-0.3, -0.25) is 4.98 Å². The predicted molar refractivity (Wildman–Crippen MR) is 49.0 cm³/mol. The van der Waals surface area contributed by atoms with Gasteiger partial charge < -0.3 is 0 Å². The molecule has 0 unspecified atom stereocenters. The third-order valence-corrected chi connectivity index (χ3v) is 2.36. The van der Waals surface area contributed by atoms with E-state index in [1.807, 2.05) is 20.8 Å². The molecule has 0 radical (unpaired) electrons. The highest BCUT2D eigenvalue weighted by Crippen LogP contribution is 2.19. The highest BCUT2D eigenvalue weighted by Gasteiger charge is 2.19. The molecule has 1 heterocycles. The molecule has 1 aromatic rings. The number of halogens is 1. The van der Waals surface area contributed by atoms with Gasteiger partial charge >= 0.3 is 10.2 Å². The lowest BCUT2D eigenvalue weighted by molar-refractivity contribution is 0.539.